The predicted molar refractivity (Wildman–Crippen MR) is 53.0 cm³/mol. The van der Waals surface area contributed by atoms with Gasteiger partial charge in [-0.2, -0.15) is 13.2 Å². The van der Waals surface area contributed by atoms with Gasteiger partial charge in [-0.15, -0.1) is 0 Å². The number of halogens is 4. The molecule has 1 rings (SSSR count). The Bertz CT molecular complexity index is 427. The van der Waals surface area contributed by atoms with Crippen LogP contribution in [0.1, 0.15) is 22.8 Å². The number of rotatable bonds is 2. The second-order valence-corrected chi connectivity index (χ2v) is 3.52. The molecule has 6 heteroatoms. The van der Waals surface area contributed by atoms with Crippen molar-refractivity contribution in [1.29, 1.82) is 0 Å². The monoisotopic (exact) mass is 252 g/mol. The number of Topliss-reactive ketones (excluding diaryl/α,β-unsaturated/α-hetero) is 1. The third kappa shape index (κ3) is 2.47. The second kappa shape index (κ2) is 4.33. The zero-order valence-corrected chi connectivity index (χ0v) is 9.24. The number of carbonyl (C=O) groups is 1. The van der Waals surface area contributed by atoms with E-state index >= 15 is 0 Å². The minimum Gasteiger partial charge on any atom is -0.495 e. The SMILES string of the molecule is COc1c(C(C)=O)cc(Cl)cc1C(F)(F)F. The highest BCUT2D eigenvalue weighted by Gasteiger charge is 2.36. The minimum absolute atomic E-state index is 0.154. The molecule has 0 saturated carbocycles. The van der Waals surface area contributed by atoms with Crippen LogP contribution in [0.15, 0.2) is 12.1 Å². The quantitative estimate of drug-likeness (QED) is 0.752. The van der Waals surface area contributed by atoms with Crippen LogP contribution in [-0.4, -0.2) is 12.9 Å². The Morgan fingerprint density at radius 1 is 1.38 bits per heavy atom. The summed E-state index contributed by atoms with van der Waals surface area (Å²) in [5.74, 6) is -1.03. The summed E-state index contributed by atoms with van der Waals surface area (Å²) in [4.78, 5) is 11.2. The van der Waals surface area contributed by atoms with Crippen molar-refractivity contribution in [2.75, 3.05) is 7.11 Å². The molecule has 0 spiro atoms. The summed E-state index contributed by atoms with van der Waals surface area (Å²) in [5, 5.41) is -0.154. The standard InChI is InChI=1S/C10H8ClF3O2/c1-5(15)7-3-6(11)4-8(9(7)16-2)10(12,13)14/h3-4H,1-2H3. The number of alkyl halides is 3. The Labute approximate surface area is 95.0 Å². The van der Waals surface area contributed by atoms with Crippen LogP contribution in [0.2, 0.25) is 5.02 Å². The first-order chi connectivity index (χ1) is 7.27. The summed E-state index contributed by atoms with van der Waals surface area (Å²) in [5.41, 5.74) is -1.23. The lowest BCUT2D eigenvalue weighted by atomic mass is 10.1. The average molecular weight is 253 g/mol. The van der Waals surface area contributed by atoms with E-state index in [0.29, 0.717) is 0 Å². The van der Waals surface area contributed by atoms with E-state index in [9.17, 15) is 18.0 Å². The lowest BCUT2D eigenvalue weighted by Gasteiger charge is -2.14. The maximum atomic E-state index is 12.6. The van der Waals surface area contributed by atoms with Crippen LogP contribution in [0.5, 0.6) is 5.75 Å². The van der Waals surface area contributed by atoms with Gasteiger partial charge in [-0.1, -0.05) is 11.6 Å². The topological polar surface area (TPSA) is 26.3 Å². The highest BCUT2D eigenvalue weighted by Crippen LogP contribution is 2.40. The van der Waals surface area contributed by atoms with E-state index in [4.69, 9.17) is 11.6 Å². The number of ketones is 1. The molecule has 0 aliphatic heterocycles. The molecule has 1 aromatic carbocycles. The smallest absolute Gasteiger partial charge is 0.420 e. The van der Waals surface area contributed by atoms with Crippen molar-refractivity contribution < 1.29 is 22.7 Å². The van der Waals surface area contributed by atoms with Gasteiger partial charge in [0.2, 0.25) is 0 Å². The average Bonchev–Trinajstić information content (AvgIpc) is 2.14. The molecule has 0 aliphatic carbocycles. The Hall–Kier alpha value is -1.23. The van der Waals surface area contributed by atoms with Crippen molar-refractivity contribution in [3.63, 3.8) is 0 Å². The van der Waals surface area contributed by atoms with E-state index in [-0.39, 0.29) is 10.6 Å². The zero-order chi connectivity index (χ0) is 12.5. The first kappa shape index (κ1) is 12.8. The van der Waals surface area contributed by atoms with Gasteiger partial charge in [-0.3, -0.25) is 4.79 Å². The number of carbonyl (C=O) groups excluding carboxylic acids is 1. The van der Waals surface area contributed by atoms with E-state index in [1.54, 1.807) is 0 Å². The Morgan fingerprint density at radius 3 is 2.31 bits per heavy atom. The van der Waals surface area contributed by atoms with Gasteiger partial charge >= 0.3 is 6.18 Å². The molecule has 16 heavy (non-hydrogen) atoms. The molecule has 88 valence electrons. The molecule has 0 unspecified atom stereocenters. The third-order valence-electron chi connectivity index (χ3n) is 1.94. The molecule has 0 N–H and O–H groups in total. The Kier molecular flexibility index (Phi) is 3.48. The zero-order valence-electron chi connectivity index (χ0n) is 8.48. The fourth-order valence-electron chi connectivity index (χ4n) is 1.29. The molecule has 0 aromatic heterocycles. The van der Waals surface area contributed by atoms with E-state index in [1.807, 2.05) is 0 Å². The second-order valence-electron chi connectivity index (χ2n) is 3.09. The summed E-state index contributed by atoms with van der Waals surface area (Å²) in [6.45, 7) is 1.15. The molecule has 0 aliphatic rings. The Balaban J connectivity index is 3.55. The van der Waals surface area contributed by atoms with Gasteiger partial charge in [0, 0.05) is 5.02 Å². The van der Waals surface area contributed by atoms with E-state index in [1.165, 1.54) is 0 Å². The molecule has 0 saturated heterocycles. The van der Waals surface area contributed by atoms with Gasteiger partial charge in [-0.05, 0) is 19.1 Å². The molecule has 1 aromatic rings. The third-order valence-corrected chi connectivity index (χ3v) is 2.16. The molecular weight excluding hydrogens is 245 g/mol. The normalized spacial score (nSPS) is 11.4. The first-order valence-electron chi connectivity index (χ1n) is 4.23. The van der Waals surface area contributed by atoms with Crippen molar-refractivity contribution in [3.8, 4) is 5.75 Å². The molecule has 2 nitrogen and oxygen atoms in total. The molecule has 0 radical (unpaired) electrons. The van der Waals surface area contributed by atoms with Gasteiger partial charge in [0.05, 0.1) is 18.2 Å². The summed E-state index contributed by atoms with van der Waals surface area (Å²) >= 11 is 5.52. The number of ether oxygens (including phenoxy) is 1. The van der Waals surface area contributed by atoms with Crippen molar-refractivity contribution in [2.45, 2.75) is 13.1 Å². The van der Waals surface area contributed by atoms with Crippen molar-refractivity contribution in [2.24, 2.45) is 0 Å². The van der Waals surface area contributed by atoms with Gasteiger partial charge in [-0.25, -0.2) is 0 Å². The Morgan fingerprint density at radius 2 is 1.94 bits per heavy atom. The maximum Gasteiger partial charge on any atom is 0.420 e. The van der Waals surface area contributed by atoms with E-state index < -0.39 is 23.3 Å². The summed E-state index contributed by atoms with van der Waals surface area (Å²) in [7, 11) is 1.07. The highest BCUT2D eigenvalue weighted by molar-refractivity contribution is 6.31. The van der Waals surface area contributed by atoms with Crippen molar-refractivity contribution >= 4 is 17.4 Å². The fraction of sp³-hybridized carbons (Fsp3) is 0.300. The van der Waals surface area contributed by atoms with E-state index in [2.05, 4.69) is 4.74 Å². The predicted octanol–water partition coefficient (Wildman–Crippen LogP) is 3.57. The van der Waals surface area contributed by atoms with Gasteiger partial charge in [0.15, 0.2) is 5.78 Å². The lowest BCUT2D eigenvalue weighted by molar-refractivity contribution is -0.138. The number of hydrogen-bond donors (Lipinski definition) is 0. The van der Waals surface area contributed by atoms with Crippen LogP contribution in [0.4, 0.5) is 13.2 Å². The molecule has 0 atom stereocenters. The lowest BCUT2D eigenvalue weighted by Crippen LogP contribution is -2.10. The fourth-order valence-corrected chi connectivity index (χ4v) is 1.50. The van der Waals surface area contributed by atoms with Crippen LogP contribution in [0.3, 0.4) is 0 Å². The summed E-state index contributed by atoms with van der Waals surface area (Å²) < 4.78 is 42.4. The van der Waals surface area contributed by atoms with Gasteiger partial charge in [0.25, 0.3) is 0 Å². The first-order valence-corrected chi connectivity index (χ1v) is 4.61. The van der Waals surface area contributed by atoms with Gasteiger partial charge < -0.3 is 4.74 Å². The number of methoxy groups -OCH3 is 1. The number of benzene rings is 1. The van der Waals surface area contributed by atoms with Gasteiger partial charge in [0.1, 0.15) is 5.75 Å². The number of hydrogen-bond acceptors (Lipinski definition) is 2. The van der Waals surface area contributed by atoms with Crippen LogP contribution in [0.25, 0.3) is 0 Å². The maximum absolute atomic E-state index is 12.6. The van der Waals surface area contributed by atoms with Crippen LogP contribution in [-0.2, 0) is 6.18 Å². The largest absolute Gasteiger partial charge is 0.495 e. The molecule has 0 bridgehead atoms. The molecular formula is C10H8ClF3O2. The summed E-state index contributed by atoms with van der Waals surface area (Å²) in [6.07, 6.45) is -4.61. The molecule has 0 fully saturated rings. The summed E-state index contributed by atoms with van der Waals surface area (Å²) in [6, 6.07) is 1.88. The van der Waals surface area contributed by atoms with Crippen molar-refractivity contribution in [1.82, 2.24) is 0 Å². The highest BCUT2D eigenvalue weighted by atomic mass is 35.5. The van der Waals surface area contributed by atoms with E-state index in [0.717, 1.165) is 26.2 Å². The van der Waals surface area contributed by atoms with Crippen LogP contribution < -0.4 is 4.74 Å². The van der Waals surface area contributed by atoms with Crippen molar-refractivity contribution in [3.05, 3.63) is 28.3 Å². The van der Waals surface area contributed by atoms with Crippen LogP contribution >= 0.6 is 11.6 Å². The van der Waals surface area contributed by atoms with Crippen LogP contribution in [0, 0.1) is 0 Å². The minimum atomic E-state index is -4.61. The molecule has 0 amide bonds. The molecule has 0 heterocycles.